The zero-order valence-electron chi connectivity index (χ0n) is 11.0. The third-order valence-corrected chi connectivity index (χ3v) is 4.06. The molecule has 0 saturated heterocycles. The molecule has 0 aromatic heterocycles. The van der Waals surface area contributed by atoms with Gasteiger partial charge in [0.25, 0.3) is 5.91 Å². The lowest BCUT2D eigenvalue weighted by molar-refractivity contribution is -0.128. The summed E-state index contributed by atoms with van der Waals surface area (Å²) in [5, 5.41) is 3.10. The molecule has 2 aliphatic rings. The van der Waals surface area contributed by atoms with Crippen LogP contribution in [0.15, 0.2) is 24.3 Å². The van der Waals surface area contributed by atoms with Gasteiger partial charge in [-0.3, -0.25) is 4.79 Å². The van der Waals surface area contributed by atoms with Gasteiger partial charge in [-0.05, 0) is 37.3 Å². The molecule has 19 heavy (non-hydrogen) atoms. The van der Waals surface area contributed by atoms with E-state index in [-0.39, 0.29) is 18.1 Å². The first-order chi connectivity index (χ1) is 9.22. The van der Waals surface area contributed by atoms with Gasteiger partial charge < -0.3 is 15.8 Å². The van der Waals surface area contributed by atoms with E-state index >= 15 is 0 Å². The summed E-state index contributed by atoms with van der Waals surface area (Å²) in [5.41, 5.74) is 6.99. The van der Waals surface area contributed by atoms with Crippen molar-refractivity contribution in [2.45, 2.75) is 50.3 Å². The minimum Gasteiger partial charge on any atom is -0.480 e. The number of carbonyl (C=O) groups is 1. The Balaban J connectivity index is 1.55. The lowest BCUT2D eigenvalue weighted by atomic mass is 9.91. The number of nitrogens with one attached hydrogen (secondary N) is 1. The maximum absolute atomic E-state index is 12.2. The third-order valence-electron chi connectivity index (χ3n) is 4.06. The standard InChI is InChI=1S/C15H20N2O2/c16-11-5-7-12(8-6-11)17-15(18)14-9-10-3-1-2-4-13(10)19-14/h1-4,11-12,14H,5-9,16H2,(H,17,18). The average Bonchev–Trinajstić information content (AvgIpc) is 2.85. The molecule has 4 nitrogen and oxygen atoms in total. The zero-order chi connectivity index (χ0) is 13.2. The Morgan fingerprint density at radius 2 is 1.95 bits per heavy atom. The van der Waals surface area contributed by atoms with Crippen molar-refractivity contribution in [1.29, 1.82) is 0 Å². The van der Waals surface area contributed by atoms with Gasteiger partial charge in [0.15, 0.2) is 6.10 Å². The van der Waals surface area contributed by atoms with E-state index in [0.717, 1.165) is 37.0 Å². The molecule has 0 radical (unpaired) electrons. The molecule has 3 rings (SSSR count). The van der Waals surface area contributed by atoms with Gasteiger partial charge in [0, 0.05) is 18.5 Å². The molecule has 4 heteroatoms. The Bertz CT molecular complexity index is 442. The van der Waals surface area contributed by atoms with Gasteiger partial charge in [-0.1, -0.05) is 18.2 Å². The van der Waals surface area contributed by atoms with Crippen molar-refractivity contribution in [2.24, 2.45) is 5.73 Å². The fourth-order valence-corrected chi connectivity index (χ4v) is 2.89. The Hall–Kier alpha value is -1.55. The first-order valence-corrected chi connectivity index (χ1v) is 7.03. The summed E-state index contributed by atoms with van der Waals surface area (Å²) in [5.74, 6) is 0.852. The van der Waals surface area contributed by atoms with Crippen LogP contribution in [0.2, 0.25) is 0 Å². The number of ether oxygens (including phenoxy) is 1. The molecular formula is C15H20N2O2. The summed E-state index contributed by atoms with van der Waals surface area (Å²) >= 11 is 0. The molecule has 1 amide bonds. The Kier molecular flexibility index (Phi) is 3.42. The van der Waals surface area contributed by atoms with Crippen LogP contribution in [-0.2, 0) is 11.2 Å². The van der Waals surface area contributed by atoms with E-state index in [1.54, 1.807) is 0 Å². The molecular weight excluding hydrogens is 240 g/mol. The van der Waals surface area contributed by atoms with Crippen molar-refractivity contribution in [3.05, 3.63) is 29.8 Å². The van der Waals surface area contributed by atoms with Crippen molar-refractivity contribution >= 4 is 5.91 Å². The molecule has 1 unspecified atom stereocenters. The van der Waals surface area contributed by atoms with E-state index in [1.807, 2.05) is 24.3 Å². The van der Waals surface area contributed by atoms with Crippen LogP contribution >= 0.6 is 0 Å². The Labute approximate surface area is 113 Å². The number of fused-ring (bicyclic) bond motifs is 1. The fourth-order valence-electron chi connectivity index (χ4n) is 2.89. The van der Waals surface area contributed by atoms with Gasteiger partial charge in [0.1, 0.15) is 5.75 Å². The Morgan fingerprint density at radius 1 is 1.21 bits per heavy atom. The molecule has 0 spiro atoms. The lowest BCUT2D eigenvalue weighted by Gasteiger charge is -2.27. The smallest absolute Gasteiger partial charge is 0.261 e. The molecule has 1 aliphatic heterocycles. The van der Waals surface area contributed by atoms with Crippen molar-refractivity contribution in [2.75, 3.05) is 0 Å². The Morgan fingerprint density at radius 3 is 2.68 bits per heavy atom. The minimum atomic E-state index is -0.368. The summed E-state index contributed by atoms with van der Waals surface area (Å²) in [6.07, 6.45) is 4.26. The monoisotopic (exact) mass is 260 g/mol. The number of rotatable bonds is 2. The van der Waals surface area contributed by atoms with E-state index in [9.17, 15) is 4.79 Å². The molecule has 0 bridgehead atoms. The van der Waals surface area contributed by atoms with Crippen LogP contribution in [-0.4, -0.2) is 24.1 Å². The highest BCUT2D eigenvalue weighted by Gasteiger charge is 2.30. The van der Waals surface area contributed by atoms with Crippen LogP contribution in [0, 0.1) is 0 Å². The lowest BCUT2D eigenvalue weighted by Crippen LogP contribution is -2.45. The quantitative estimate of drug-likeness (QED) is 0.844. The average molecular weight is 260 g/mol. The van der Waals surface area contributed by atoms with E-state index in [1.165, 1.54) is 0 Å². The predicted octanol–water partition coefficient (Wildman–Crippen LogP) is 1.38. The van der Waals surface area contributed by atoms with Crippen molar-refractivity contribution in [3.8, 4) is 5.75 Å². The molecule has 1 atom stereocenters. The van der Waals surface area contributed by atoms with Gasteiger partial charge in [-0.25, -0.2) is 0 Å². The predicted molar refractivity (Wildman–Crippen MR) is 72.9 cm³/mol. The third kappa shape index (κ3) is 2.73. The molecule has 1 saturated carbocycles. The highest BCUT2D eigenvalue weighted by atomic mass is 16.5. The van der Waals surface area contributed by atoms with Gasteiger partial charge >= 0.3 is 0 Å². The molecule has 102 valence electrons. The molecule has 1 aromatic carbocycles. The van der Waals surface area contributed by atoms with Crippen molar-refractivity contribution < 1.29 is 9.53 Å². The summed E-state index contributed by atoms with van der Waals surface area (Å²) in [4.78, 5) is 12.2. The second-order valence-corrected chi connectivity index (χ2v) is 5.54. The number of nitrogens with two attached hydrogens (primary N) is 1. The first kappa shape index (κ1) is 12.5. The summed E-state index contributed by atoms with van der Waals surface area (Å²) in [6.45, 7) is 0. The topological polar surface area (TPSA) is 64.3 Å². The number of hydrogen-bond donors (Lipinski definition) is 2. The van der Waals surface area contributed by atoms with Crippen LogP contribution < -0.4 is 15.8 Å². The van der Waals surface area contributed by atoms with E-state index in [0.29, 0.717) is 12.5 Å². The second-order valence-electron chi connectivity index (χ2n) is 5.54. The van der Waals surface area contributed by atoms with Gasteiger partial charge in [-0.2, -0.15) is 0 Å². The van der Waals surface area contributed by atoms with Gasteiger partial charge in [-0.15, -0.1) is 0 Å². The van der Waals surface area contributed by atoms with E-state index in [2.05, 4.69) is 5.32 Å². The van der Waals surface area contributed by atoms with E-state index in [4.69, 9.17) is 10.5 Å². The number of benzene rings is 1. The number of amides is 1. The van der Waals surface area contributed by atoms with E-state index < -0.39 is 0 Å². The maximum atomic E-state index is 12.2. The van der Waals surface area contributed by atoms with Crippen LogP contribution in [0.25, 0.3) is 0 Å². The number of carbonyl (C=O) groups excluding carboxylic acids is 1. The number of hydrogen-bond acceptors (Lipinski definition) is 3. The van der Waals surface area contributed by atoms with Crippen LogP contribution in [0.5, 0.6) is 5.75 Å². The molecule has 1 aromatic rings. The maximum Gasteiger partial charge on any atom is 0.261 e. The SMILES string of the molecule is NC1CCC(NC(=O)C2Cc3ccccc3O2)CC1. The fraction of sp³-hybridized carbons (Fsp3) is 0.533. The highest BCUT2D eigenvalue weighted by molar-refractivity contribution is 5.82. The summed E-state index contributed by atoms with van der Waals surface area (Å²) in [7, 11) is 0. The van der Waals surface area contributed by atoms with Crippen LogP contribution in [0.4, 0.5) is 0 Å². The van der Waals surface area contributed by atoms with Crippen LogP contribution in [0.3, 0.4) is 0 Å². The zero-order valence-corrected chi connectivity index (χ0v) is 11.0. The molecule has 1 fully saturated rings. The second kappa shape index (κ2) is 5.21. The largest absolute Gasteiger partial charge is 0.480 e. The van der Waals surface area contributed by atoms with Crippen molar-refractivity contribution in [3.63, 3.8) is 0 Å². The first-order valence-electron chi connectivity index (χ1n) is 7.03. The van der Waals surface area contributed by atoms with Crippen LogP contribution in [0.1, 0.15) is 31.2 Å². The van der Waals surface area contributed by atoms with Gasteiger partial charge in [0.2, 0.25) is 0 Å². The normalized spacial score (nSPS) is 29.4. The van der Waals surface area contributed by atoms with Gasteiger partial charge in [0.05, 0.1) is 0 Å². The molecule has 3 N–H and O–H groups in total. The summed E-state index contributed by atoms with van der Waals surface area (Å²) < 4.78 is 5.69. The number of para-hydroxylation sites is 1. The van der Waals surface area contributed by atoms with Crippen molar-refractivity contribution in [1.82, 2.24) is 5.32 Å². The minimum absolute atomic E-state index is 0.0108. The molecule has 1 aliphatic carbocycles. The molecule has 1 heterocycles. The summed E-state index contributed by atoms with van der Waals surface area (Å²) in [6, 6.07) is 8.41. The highest BCUT2D eigenvalue weighted by Crippen LogP contribution is 2.28.